The molecule has 10 nitrogen and oxygen atoms in total. The van der Waals surface area contributed by atoms with E-state index in [1.54, 1.807) is 18.2 Å². The zero-order valence-electron chi connectivity index (χ0n) is 18.1. The number of thioether (sulfide) groups is 1. The number of hydrogen-bond donors (Lipinski definition) is 0. The molecule has 1 aliphatic heterocycles. The predicted molar refractivity (Wildman–Crippen MR) is 121 cm³/mol. The van der Waals surface area contributed by atoms with Gasteiger partial charge in [0.15, 0.2) is 9.84 Å². The quantitative estimate of drug-likeness (QED) is 0.427. The summed E-state index contributed by atoms with van der Waals surface area (Å²) in [5, 5.41) is 8.50. The van der Waals surface area contributed by atoms with Crippen molar-refractivity contribution >= 4 is 42.7 Å². The number of rotatable bonds is 8. The van der Waals surface area contributed by atoms with E-state index in [0.717, 1.165) is 11.3 Å². The molecule has 1 atom stereocenters. The van der Waals surface area contributed by atoms with Crippen molar-refractivity contribution in [2.75, 3.05) is 25.6 Å². The lowest BCUT2D eigenvalue weighted by atomic mass is 10.1. The lowest BCUT2D eigenvalue weighted by Gasteiger charge is -2.11. The molecule has 0 unspecified atom stereocenters. The normalized spacial score (nSPS) is 18.7. The highest BCUT2D eigenvalue weighted by Crippen LogP contribution is 2.28. The molecule has 3 aromatic rings. The molecule has 0 spiro atoms. The van der Waals surface area contributed by atoms with Crippen LogP contribution in [0.15, 0.2) is 32.7 Å². The molecule has 4 rings (SSSR count). The highest BCUT2D eigenvalue weighted by atomic mass is 32.2. The van der Waals surface area contributed by atoms with Crippen molar-refractivity contribution in [3.8, 4) is 0 Å². The van der Waals surface area contributed by atoms with E-state index in [1.165, 1.54) is 30.2 Å². The lowest BCUT2D eigenvalue weighted by Crippen LogP contribution is -2.22. The van der Waals surface area contributed by atoms with Gasteiger partial charge in [-0.05, 0) is 37.5 Å². The first-order valence-corrected chi connectivity index (χ1v) is 14.4. The summed E-state index contributed by atoms with van der Waals surface area (Å²) in [4.78, 5) is 4.84. The summed E-state index contributed by atoms with van der Waals surface area (Å²) >= 11 is 1.34. The number of benzene rings is 1. The average Bonchev–Trinajstić information content (AvgIpc) is 3.42. The van der Waals surface area contributed by atoms with Crippen LogP contribution in [0.3, 0.4) is 0 Å². The molecule has 32 heavy (non-hydrogen) atoms. The standard InChI is InChI=1S/C19H25N5O5S3/c1-4-24-16-6-5-14(32(27,28)23(2)3)10-15(16)20-17(24)11-30-19-22-21-18(29-19)9-13-7-8-31(25,26)12-13/h5-6,10,13H,4,7-9,11-12H2,1-3H3/t13-/m1/s1. The molecule has 0 radical (unpaired) electrons. The summed E-state index contributed by atoms with van der Waals surface area (Å²) in [6.07, 6.45) is 1.09. The summed E-state index contributed by atoms with van der Waals surface area (Å²) in [5.74, 6) is 2.10. The Bertz CT molecular complexity index is 1340. The van der Waals surface area contributed by atoms with Gasteiger partial charge in [-0.1, -0.05) is 11.8 Å². The van der Waals surface area contributed by atoms with E-state index in [9.17, 15) is 16.8 Å². The maximum atomic E-state index is 12.4. The Morgan fingerprint density at radius 3 is 2.72 bits per heavy atom. The van der Waals surface area contributed by atoms with E-state index in [-0.39, 0.29) is 22.3 Å². The molecule has 0 N–H and O–H groups in total. The van der Waals surface area contributed by atoms with E-state index < -0.39 is 19.9 Å². The first-order chi connectivity index (χ1) is 15.1. The van der Waals surface area contributed by atoms with Crippen molar-refractivity contribution in [3.63, 3.8) is 0 Å². The lowest BCUT2D eigenvalue weighted by molar-refractivity contribution is 0.389. The first kappa shape index (κ1) is 23.2. The van der Waals surface area contributed by atoms with Gasteiger partial charge >= 0.3 is 0 Å². The highest BCUT2D eigenvalue weighted by Gasteiger charge is 2.29. The van der Waals surface area contributed by atoms with Gasteiger partial charge in [-0.3, -0.25) is 0 Å². The molecule has 1 saturated heterocycles. The van der Waals surface area contributed by atoms with Crippen LogP contribution in [-0.2, 0) is 38.6 Å². The van der Waals surface area contributed by atoms with Crippen LogP contribution >= 0.6 is 11.8 Å². The van der Waals surface area contributed by atoms with Gasteiger partial charge in [0.05, 0.1) is 33.2 Å². The summed E-state index contributed by atoms with van der Waals surface area (Å²) in [7, 11) is -3.49. The second kappa shape index (κ2) is 8.76. The molecular weight excluding hydrogens is 474 g/mol. The Balaban J connectivity index is 1.49. The third-order valence-corrected chi connectivity index (χ3v) is 9.92. The summed E-state index contributed by atoms with van der Waals surface area (Å²) in [6.45, 7) is 2.68. The van der Waals surface area contributed by atoms with E-state index in [1.807, 2.05) is 11.5 Å². The van der Waals surface area contributed by atoms with Crippen LogP contribution in [0.5, 0.6) is 0 Å². The smallest absolute Gasteiger partial charge is 0.277 e. The van der Waals surface area contributed by atoms with Gasteiger partial charge in [0, 0.05) is 27.1 Å². The molecule has 3 heterocycles. The van der Waals surface area contributed by atoms with E-state index in [0.29, 0.717) is 41.8 Å². The minimum absolute atomic E-state index is 0.0234. The molecule has 0 amide bonds. The van der Waals surface area contributed by atoms with Crippen LogP contribution in [0.25, 0.3) is 11.0 Å². The molecule has 0 saturated carbocycles. The first-order valence-electron chi connectivity index (χ1n) is 10.2. The fourth-order valence-electron chi connectivity index (χ4n) is 3.78. The van der Waals surface area contributed by atoms with Crippen molar-refractivity contribution in [2.45, 2.75) is 42.2 Å². The van der Waals surface area contributed by atoms with Gasteiger partial charge in [-0.25, -0.2) is 26.1 Å². The summed E-state index contributed by atoms with van der Waals surface area (Å²) < 4.78 is 57.0. The van der Waals surface area contributed by atoms with E-state index in [4.69, 9.17) is 4.42 Å². The van der Waals surface area contributed by atoms with E-state index >= 15 is 0 Å². The Labute approximate surface area is 191 Å². The number of hydrogen-bond acceptors (Lipinski definition) is 9. The molecule has 1 aromatic carbocycles. The van der Waals surface area contributed by atoms with Crippen LogP contribution in [0.4, 0.5) is 0 Å². The van der Waals surface area contributed by atoms with Gasteiger partial charge in [-0.2, -0.15) is 0 Å². The van der Waals surface area contributed by atoms with Gasteiger partial charge in [0.2, 0.25) is 15.9 Å². The third-order valence-electron chi connectivity index (χ3n) is 5.46. The average molecular weight is 500 g/mol. The number of sulfone groups is 1. The third kappa shape index (κ3) is 4.70. The van der Waals surface area contributed by atoms with Crippen LogP contribution in [0, 0.1) is 5.92 Å². The molecule has 174 valence electrons. The molecule has 1 aliphatic rings. The van der Waals surface area contributed by atoms with Crippen LogP contribution < -0.4 is 0 Å². The number of fused-ring (bicyclic) bond motifs is 1. The van der Waals surface area contributed by atoms with Crippen molar-refractivity contribution in [2.24, 2.45) is 5.92 Å². The Morgan fingerprint density at radius 2 is 2.06 bits per heavy atom. The van der Waals surface area contributed by atoms with Crippen molar-refractivity contribution < 1.29 is 21.3 Å². The number of aryl methyl sites for hydroxylation is 1. The fourth-order valence-corrected chi connectivity index (χ4v) is 7.29. The molecular formula is C19H25N5O5S3. The maximum absolute atomic E-state index is 12.4. The SMILES string of the molecule is CCn1c(CSc2nnc(C[C@H]3CCS(=O)(=O)C3)o2)nc2cc(S(=O)(=O)N(C)C)ccc21. The van der Waals surface area contributed by atoms with Crippen molar-refractivity contribution in [1.82, 2.24) is 24.1 Å². The zero-order chi connectivity index (χ0) is 23.1. The minimum atomic E-state index is -3.54. The Kier molecular flexibility index (Phi) is 6.36. The Hall–Kier alpha value is -1.96. The molecule has 2 aromatic heterocycles. The second-order valence-corrected chi connectivity index (χ2v) is 13.2. The van der Waals surface area contributed by atoms with Crippen molar-refractivity contribution in [1.29, 1.82) is 0 Å². The molecule has 13 heteroatoms. The topological polar surface area (TPSA) is 128 Å². The van der Waals surface area contributed by atoms with Gasteiger partial charge < -0.3 is 8.98 Å². The number of aromatic nitrogens is 4. The van der Waals surface area contributed by atoms with Gasteiger partial charge in [0.25, 0.3) is 5.22 Å². The van der Waals surface area contributed by atoms with Crippen LogP contribution in [0.1, 0.15) is 25.1 Å². The number of sulfonamides is 1. The molecule has 0 aliphatic carbocycles. The zero-order valence-corrected chi connectivity index (χ0v) is 20.5. The number of nitrogens with zero attached hydrogens (tertiary/aromatic N) is 5. The van der Waals surface area contributed by atoms with Crippen LogP contribution in [-0.4, -0.2) is 66.5 Å². The minimum Gasteiger partial charge on any atom is -0.416 e. The molecule has 0 bridgehead atoms. The number of imidazole rings is 1. The summed E-state index contributed by atoms with van der Waals surface area (Å²) in [5.41, 5.74) is 1.47. The van der Waals surface area contributed by atoms with Crippen LogP contribution in [0.2, 0.25) is 0 Å². The fraction of sp³-hybridized carbons (Fsp3) is 0.526. The van der Waals surface area contributed by atoms with Gasteiger partial charge in [-0.15, -0.1) is 10.2 Å². The Morgan fingerprint density at radius 1 is 1.28 bits per heavy atom. The monoisotopic (exact) mass is 499 g/mol. The van der Waals surface area contributed by atoms with E-state index in [2.05, 4.69) is 15.2 Å². The maximum Gasteiger partial charge on any atom is 0.277 e. The second-order valence-electron chi connectivity index (χ2n) is 7.93. The van der Waals surface area contributed by atoms with Crippen molar-refractivity contribution in [3.05, 3.63) is 29.9 Å². The van der Waals surface area contributed by atoms with Gasteiger partial charge in [0.1, 0.15) is 5.82 Å². The predicted octanol–water partition coefficient (Wildman–Crippen LogP) is 1.96. The largest absolute Gasteiger partial charge is 0.416 e. The molecule has 1 fully saturated rings. The highest BCUT2D eigenvalue weighted by molar-refractivity contribution is 7.98. The summed E-state index contributed by atoms with van der Waals surface area (Å²) in [6, 6.07) is 4.96.